The van der Waals surface area contributed by atoms with Crippen molar-refractivity contribution in [2.45, 2.75) is 12.1 Å². The van der Waals surface area contributed by atoms with Crippen molar-refractivity contribution < 1.29 is 14.4 Å². The van der Waals surface area contributed by atoms with Crippen molar-refractivity contribution in [2.24, 2.45) is 5.92 Å². The van der Waals surface area contributed by atoms with Crippen molar-refractivity contribution in [1.29, 1.82) is 0 Å². The highest BCUT2D eigenvalue weighted by Gasteiger charge is 2.60. The Hall–Kier alpha value is -3.15. The Balaban J connectivity index is 1.62. The Bertz CT molecular complexity index is 1070. The van der Waals surface area contributed by atoms with Gasteiger partial charge in [-0.2, -0.15) is 0 Å². The maximum Gasteiger partial charge on any atom is 0.266 e. The number of anilines is 2. The molecule has 0 spiro atoms. The zero-order valence-corrected chi connectivity index (χ0v) is 16.1. The van der Waals surface area contributed by atoms with Gasteiger partial charge in [0, 0.05) is 5.02 Å². The van der Waals surface area contributed by atoms with Crippen molar-refractivity contribution in [3.63, 3.8) is 0 Å². The minimum atomic E-state index is -0.899. The summed E-state index contributed by atoms with van der Waals surface area (Å²) in [6, 6.07) is 25.2. The molecule has 0 radical (unpaired) electrons. The second kappa shape index (κ2) is 7.03. The number of nitrogens with zero attached hydrogens (tertiary/aromatic N) is 2. The second-order valence-electron chi connectivity index (χ2n) is 7.03. The summed E-state index contributed by atoms with van der Waals surface area (Å²) in [6.07, 6.45) is -0.899. The van der Waals surface area contributed by atoms with Crippen LogP contribution in [0.25, 0.3) is 0 Å². The van der Waals surface area contributed by atoms with Gasteiger partial charge in [-0.1, -0.05) is 66.2 Å². The Morgan fingerprint density at radius 1 is 0.724 bits per heavy atom. The fourth-order valence-corrected chi connectivity index (χ4v) is 4.32. The summed E-state index contributed by atoms with van der Waals surface area (Å²) in [5, 5.41) is 2.18. The van der Waals surface area contributed by atoms with E-state index in [4.69, 9.17) is 16.4 Å². The van der Waals surface area contributed by atoms with Gasteiger partial charge in [0.1, 0.15) is 5.92 Å². The van der Waals surface area contributed by atoms with Crippen molar-refractivity contribution in [3.05, 3.63) is 95.5 Å². The highest BCUT2D eigenvalue weighted by atomic mass is 35.5. The molecule has 0 unspecified atom stereocenters. The van der Waals surface area contributed by atoms with Crippen LogP contribution in [0.15, 0.2) is 84.9 Å². The van der Waals surface area contributed by atoms with Crippen LogP contribution in [0.1, 0.15) is 11.6 Å². The summed E-state index contributed by atoms with van der Waals surface area (Å²) in [5.41, 5.74) is 2.06. The summed E-state index contributed by atoms with van der Waals surface area (Å²) in [6.45, 7) is 0. The standard InChI is InChI=1S/C23H17ClN2O3/c24-18-14-8-7-13-17(18)20-19-21(29-26(20)16-11-5-2-6-12-16)23(28)25(22(19)27)15-9-3-1-4-10-15/h1-14,19-21H/t19-,20+,21-/m1/s1. The predicted molar refractivity (Wildman–Crippen MR) is 110 cm³/mol. The van der Waals surface area contributed by atoms with Crippen LogP contribution in [0.3, 0.4) is 0 Å². The third-order valence-corrected chi connectivity index (χ3v) is 5.71. The van der Waals surface area contributed by atoms with Crippen LogP contribution in [-0.2, 0) is 14.4 Å². The first-order valence-corrected chi connectivity index (χ1v) is 9.73. The molecule has 2 fully saturated rings. The average molecular weight is 405 g/mol. The lowest BCUT2D eigenvalue weighted by atomic mass is 9.90. The number of carbonyl (C=O) groups is 2. The molecule has 2 saturated heterocycles. The van der Waals surface area contributed by atoms with E-state index in [1.54, 1.807) is 35.4 Å². The molecule has 2 aliphatic rings. The van der Waals surface area contributed by atoms with E-state index in [-0.39, 0.29) is 11.8 Å². The molecule has 6 heteroatoms. The molecular formula is C23H17ClN2O3. The van der Waals surface area contributed by atoms with Crippen molar-refractivity contribution >= 4 is 34.8 Å². The summed E-state index contributed by atoms with van der Waals surface area (Å²) in [5.74, 6) is -1.33. The molecule has 0 aliphatic carbocycles. The van der Waals surface area contributed by atoms with Crippen molar-refractivity contribution in [2.75, 3.05) is 9.96 Å². The zero-order valence-electron chi connectivity index (χ0n) is 15.3. The van der Waals surface area contributed by atoms with E-state index in [0.29, 0.717) is 10.7 Å². The van der Waals surface area contributed by atoms with Crippen LogP contribution in [0, 0.1) is 5.92 Å². The number of para-hydroxylation sites is 2. The molecule has 0 saturated carbocycles. The molecule has 2 amide bonds. The largest absolute Gasteiger partial charge is 0.273 e. The highest BCUT2D eigenvalue weighted by molar-refractivity contribution is 6.31. The van der Waals surface area contributed by atoms with Crippen LogP contribution in [-0.4, -0.2) is 17.9 Å². The summed E-state index contributed by atoms with van der Waals surface area (Å²) in [7, 11) is 0. The molecule has 3 aromatic carbocycles. The fraction of sp³-hybridized carbons (Fsp3) is 0.130. The predicted octanol–water partition coefficient (Wildman–Crippen LogP) is 4.39. The van der Waals surface area contributed by atoms with E-state index in [9.17, 15) is 9.59 Å². The Morgan fingerprint density at radius 3 is 1.97 bits per heavy atom. The number of fused-ring (bicyclic) bond motifs is 1. The minimum Gasteiger partial charge on any atom is -0.273 e. The summed E-state index contributed by atoms with van der Waals surface area (Å²) >= 11 is 6.49. The fourth-order valence-electron chi connectivity index (χ4n) is 4.08. The van der Waals surface area contributed by atoms with Gasteiger partial charge in [-0.05, 0) is 35.9 Å². The minimum absolute atomic E-state index is 0.283. The third kappa shape index (κ3) is 2.82. The molecule has 2 aliphatic heterocycles. The van der Waals surface area contributed by atoms with E-state index in [1.807, 2.05) is 54.6 Å². The number of benzene rings is 3. The zero-order chi connectivity index (χ0) is 20.0. The van der Waals surface area contributed by atoms with Crippen LogP contribution in [0.2, 0.25) is 5.02 Å². The van der Waals surface area contributed by atoms with Crippen molar-refractivity contribution in [1.82, 2.24) is 0 Å². The number of imide groups is 1. The Labute approximate surface area is 173 Å². The van der Waals surface area contributed by atoms with Crippen LogP contribution >= 0.6 is 11.6 Å². The maximum atomic E-state index is 13.4. The number of halogens is 1. The van der Waals surface area contributed by atoms with Gasteiger partial charge in [-0.3, -0.25) is 14.4 Å². The lowest BCUT2D eigenvalue weighted by Gasteiger charge is -2.29. The lowest BCUT2D eigenvalue weighted by Crippen LogP contribution is -2.37. The molecule has 29 heavy (non-hydrogen) atoms. The van der Waals surface area contributed by atoms with Gasteiger partial charge in [-0.15, -0.1) is 0 Å². The number of hydrogen-bond acceptors (Lipinski definition) is 4. The van der Waals surface area contributed by atoms with Gasteiger partial charge in [0.25, 0.3) is 5.91 Å². The topological polar surface area (TPSA) is 49.9 Å². The van der Waals surface area contributed by atoms with E-state index in [2.05, 4.69) is 0 Å². The van der Waals surface area contributed by atoms with Crippen LogP contribution in [0.5, 0.6) is 0 Å². The monoisotopic (exact) mass is 404 g/mol. The molecule has 2 heterocycles. The first-order valence-electron chi connectivity index (χ1n) is 9.35. The van der Waals surface area contributed by atoms with Gasteiger partial charge < -0.3 is 0 Å². The van der Waals surface area contributed by atoms with Gasteiger partial charge in [-0.25, -0.2) is 9.96 Å². The molecule has 5 rings (SSSR count). The average Bonchev–Trinajstić information content (AvgIpc) is 3.26. The summed E-state index contributed by atoms with van der Waals surface area (Å²) in [4.78, 5) is 33.9. The maximum absolute atomic E-state index is 13.4. The second-order valence-corrected chi connectivity index (χ2v) is 7.43. The van der Waals surface area contributed by atoms with E-state index >= 15 is 0 Å². The lowest BCUT2D eigenvalue weighted by molar-refractivity contribution is -0.126. The van der Waals surface area contributed by atoms with Gasteiger partial charge in [0.15, 0.2) is 6.10 Å². The molecule has 0 bridgehead atoms. The van der Waals surface area contributed by atoms with Crippen LogP contribution < -0.4 is 9.96 Å². The first-order chi connectivity index (χ1) is 14.2. The first kappa shape index (κ1) is 17.9. The molecule has 0 N–H and O–H groups in total. The third-order valence-electron chi connectivity index (χ3n) is 5.36. The normalized spacial score (nSPS) is 23.6. The van der Waals surface area contributed by atoms with Crippen LogP contribution in [0.4, 0.5) is 11.4 Å². The van der Waals surface area contributed by atoms with E-state index in [0.717, 1.165) is 11.3 Å². The number of hydrogen-bond donors (Lipinski definition) is 0. The van der Waals surface area contributed by atoms with Gasteiger partial charge >= 0.3 is 0 Å². The SMILES string of the molecule is O=C1[C@H]2[C@@H](ON(c3ccccc3)[C@H]2c2ccccc2Cl)C(=O)N1c1ccccc1. The molecule has 0 aromatic heterocycles. The number of amides is 2. The number of rotatable bonds is 3. The van der Waals surface area contributed by atoms with Crippen molar-refractivity contribution in [3.8, 4) is 0 Å². The smallest absolute Gasteiger partial charge is 0.266 e. The quantitative estimate of drug-likeness (QED) is 0.607. The summed E-state index contributed by atoms with van der Waals surface area (Å²) < 4.78 is 0. The molecule has 5 nitrogen and oxygen atoms in total. The highest BCUT2D eigenvalue weighted by Crippen LogP contribution is 2.48. The number of hydroxylamine groups is 1. The number of carbonyl (C=O) groups excluding carboxylic acids is 2. The van der Waals surface area contributed by atoms with E-state index < -0.39 is 18.1 Å². The van der Waals surface area contributed by atoms with Gasteiger partial charge in [0.2, 0.25) is 5.91 Å². The molecule has 3 atom stereocenters. The Kier molecular flexibility index (Phi) is 4.34. The van der Waals surface area contributed by atoms with Gasteiger partial charge in [0.05, 0.1) is 17.4 Å². The molecule has 144 valence electrons. The molecule has 3 aromatic rings. The molecular weight excluding hydrogens is 388 g/mol. The Morgan fingerprint density at radius 2 is 1.31 bits per heavy atom. The van der Waals surface area contributed by atoms with E-state index in [1.165, 1.54) is 4.90 Å².